The summed E-state index contributed by atoms with van der Waals surface area (Å²) in [5.41, 5.74) is 17.0. The number of hydrogen-bond acceptors (Lipinski definition) is 3. The van der Waals surface area contributed by atoms with Crippen molar-refractivity contribution in [2.75, 3.05) is 0 Å². The molecule has 0 aliphatic rings. The summed E-state index contributed by atoms with van der Waals surface area (Å²) in [6.45, 7) is 12.5. The molecule has 0 aliphatic heterocycles. The molecule has 5 aromatic heterocycles. The minimum absolute atomic E-state index is 0. The number of aryl methyl sites for hydroxylation is 1. The molecular formula is C70H60IrN4O-2. The summed E-state index contributed by atoms with van der Waals surface area (Å²) in [6.07, 6.45) is 2.06. The molecule has 0 atom stereocenters. The zero-order valence-electron chi connectivity index (χ0n) is 48.7. The van der Waals surface area contributed by atoms with Crippen molar-refractivity contribution >= 4 is 65.6 Å². The largest absolute Gasteiger partial charge is 0.501 e. The molecule has 0 amide bonds. The molecule has 0 N–H and O–H groups in total. The van der Waals surface area contributed by atoms with Crippen LogP contribution < -0.4 is 0 Å². The van der Waals surface area contributed by atoms with Gasteiger partial charge in [-0.2, -0.15) is 0 Å². The van der Waals surface area contributed by atoms with Crippen LogP contribution >= 0.6 is 0 Å². The molecule has 0 bridgehead atoms. The van der Waals surface area contributed by atoms with Gasteiger partial charge in [0.05, 0.1) is 22.1 Å². The fraction of sp³-hybridized carbons (Fsp3) is 0.171. The van der Waals surface area contributed by atoms with Crippen molar-refractivity contribution in [3.8, 4) is 45.0 Å². The molecule has 0 aliphatic carbocycles. The van der Waals surface area contributed by atoms with Crippen molar-refractivity contribution in [2.24, 2.45) is 5.41 Å². The van der Waals surface area contributed by atoms with Crippen LogP contribution in [0.15, 0.2) is 199 Å². The van der Waals surface area contributed by atoms with Gasteiger partial charge in [-0.1, -0.05) is 169 Å². The molecular weight excluding hydrogens is 1110 g/mol. The van der Waals surface area contributed by atoms with E-state index in [9.17, 15) is 0 Å². The Morgan fingerprint density at radius 2 is 1.25 bits per heavy atom. The first kappa shape index (κ1) is 44.4. The molecule has 13 aromatic rings. The van der Waals surface area contributed by atoms with E-state index in [0.29, 0.717) is 28.7 Å². The average molecular weight is 1170 g/mol. The summed E-state index contributed by atoms with van der Waals surface area (Å²) in [7, 11) is 0. The van der Waals surface area contributed by atoms with Gasteiger partial charge in [0.25, 0.3) is 0 Å². The molecule has 76 heavy (non-hydrogen) atoms. The minimum Gasteiger partial charge on any atom is -0.501 e. The normalized spacial score (nSPS) is 13.2. The van der Waals surface area contributed by atoms with E-state index in [1.54, 1.807) is 24.3 Å². The van der Waals surface area contributed by atoms with E-state index in [1.807, 2.05) is 33.0 Å². The number of para-hydroxylation sites is 3. The van der Waals surface area contributed by atoms with E-state index in [1.165, 1.54) is 61.7 Å². The maximum Gasteiger partial charge on any atom is 0.121 e. The molecule has 13 rings (SSSR count). The van der Waals surface area contributed by atoms with Crippen molar-refractivity contribution in [3.05, 3.63) is 229 Å². The second-order valence-corrected chi connectivity index (χ2v) is 21.2. The van der Waals surface area contributed by atoms with Gasteiger partial charge in [-0.25, -0.2) is 0 Å². The van der Waals surface area contributed by atoms with Gasteiger partial charge >= 0.3 is 0 Å². The average Bonchev–Trinajstić information content (AvgIpc) is 4.27. The number of benzene rings is 8. The number of aromatic nitrogens is 4. The maximum absolute atomic E-state index is 8.25. The van der Waals surface area contributed by atoms with E-state index in [-0.39, 0.29) is 25.7 Å². The Hall–Kier alpha value is -7.89. The summed E-state index contributed by atoms with van der Waals surface area (Å²) >= 11 is 0. The van der Waals surface area contributed by atoms with Gasteiger partial charge < -0.3 is 23.5 Å². The third-order valence-corrected chi connectivity index (χ3v) is 14.2. The molecule has 0 saturated heterocycles. The Labute approximate surface area is 466 Å². The van der Waals surface area contributed by atoms with Crippen LogP contribution in [0.1, 0.15) is 89.4 Å². The van der Waals surface area contributed by atoms with Crippen LogP contribution in [0.4, 0.5) is 0 Å². The first-order valence-electron chi connectivity index (χ1n) is 28.3. The zero-order valence-corrected chi connectivity index (χ0v) is 46.1. The molecule has 377 valence electrons. The van der Waals surface area contributed by atoms with Gasteiger partial charge in [0, 0.05) is 83.2 Å². The van der Waals surface area contributed by atoms with Crippen LogP contribution in [0.2, 0.25) is 0 Å². The number of furan rings is 1. The molecule has 0 saturated carbocycles. The maximum atomic E-state index is 8.25. The fourth-order valence-corrected chi connectivity index (χ4v) is 10.8. The van der Waals surface area contributed by atoms with Crippen LogP contribution in [-0.4, -0.2) is 19.1 Å². The van der Waals surface area contributed by atoms with Crippen molar-refractivity contribution in [1.29, 1.82) is 0 Å². The van der Waals surface area contributed by atoms with Crippen LogP contribution in [0, 0.1) is 24.4 Å². The molecule has 5 heterocycles. The van der Waals surface area contributed by atoms with E-state index in [0.717, 1.165) is 61.0 Å². The van der Waals surface area contributed by atoms with Gasteiger partial charge in [-0.15, -0.1) is 53.6 Å². The van der Waals surface area contributed by atoms with Crippen LogP contribution in [0.3, 0.4) is 0 Å². The molecule has 1 radical (unpaired) electrons. The first-order valence-corrected chi connectivity index (χ1v) is 25.8. The Balaban J connectivity index is 0.000000243. The number of fused-ring (bicyclic) bond motifs is 9. The SMILES string of the molecule is CC(C)c1cccc(C(C)C)c1-c1ccc2c(c1)oc1c(-c3cc4c(cn3)c3ccccc3n4-c3ccc4c(c3)c3ccccc3n4-c3ccccc3)[c-]ccc12.[2H]C([2H])([2H])c1c[c-]c(-c2ccc(C([2H])([2H])C(C)(C)C)cn2)cc1.[Ir]. The molecule has 0 unspecified atom stereocenters. The first-order chi connectivity index (χ1) is 38.4. The number of nitrogens with zero attached hydrogens (tertiary/aromatic N) is 4. The third-order valence-electron chi connectivity index (χ3n) is 14.2. The van der Waals surface area contributed by atoms with Crippen molar-refractivity contribution in [1.82, 2.24) is 19.1 Å². The smallest absolute Gasteiger partial charge is 0.121 e. The van der Waals surface area contributed by atoms with Gasteiger partial charge in [-0.3, -0.25) is 0 Å². The van der Waals surface area contributed by atoms with Gasteiger partial charge in [0.1, 0.15) is 5.58 Å². The molecule has 5 nitrogen and oxygen atoms in total. The number of pyridine rings is 2. The van der Waals surface area contributed by atoms with Crippen molar-refractivity contribution in [3.63, 3.8) is 0 Å². The summed E-state index contributed by atoms with van der Waals surface area (Å²) in [6, 6.07) is 69.2. The molecule has 0 fully saturated rings. The van der Waals surface area contributed by atoms with E-state index in [2.05, 4.69) is 200 Å². The van der Waals surface area contributed by atoms with Crippen molar-refractivity contribution in [2.45, 2.75) is 73.5 Å². The molecule has 8 aromatic carbocycles. The Bertz CT molecular complexity index is 4440. The third kappa shape index (κ3) is 9.24. The van der Waals surface area contributed by atoms with Crippen molar-refractivity contribution < 1.29 is 31.4 Å². The predicted octanol–water partition coefficient (Wildman–Crippen LogP) is 19.0. The fourth-order valence-electron chi connectivity index (χ4n) is 10.8. The Kier molecular flexibility index (Phi) is 11.9. The summed E-state index contributed by atoms with van der Waals surface area (Å²) in [5.74, 6) is 0.805. The van der Waals surface area contributed by atoms with Gasteiger partial charge in [0.2, 0.25) is 0 Å². The van der Waals surface area contributed by atoms with Crippen LogP contribution in [-0.2, 0) is 26.5 Å². The quantitative estimate of drug-likeness (QED) is 0.142. The number of rotatable bonds is 8. The second-order valence-electron chi connectivity index (χ2n) is 21.2. The standard InChI is InChI=1S/C53H40N3O.C17H20N.Ir/c1-32(2)37-18-12-19-38(33(3)4)52(37)34-24-26-41-42-20-13-21-43(53(42)57-51(41)28-34)46-30-50-45(31-54-46)40-17-9-11-23-48(40)56(50)36-25-27-49-44(29-36)39-16-8-10-22-47(39)55(49)35-14-6-5-7-15-35;1-13-5-8-15(9-6-13)16-10-7-14(12-18-16)11-17(2,3)4;/h5-20,22-33H,1-4H3;5-8,10,12H,11H2,1-4H3;/q2*-1;/i;1D3,11D2;. The van der Waals surface area contributed by atoms with Gasteiger partial charge in [-0.05, 0) is 111 Å². The zero-order chi connectivity index (χ0) is 55.8. The summed E-state index contributed by atoms with van der Waals surface area (Å²) in [5, 5.41) is 6.86. The molecule has 0 spiro atoms. The van der Waals surface area contributed by atoms with E-state index < -0.39 is 18.6 Å². The summed E-state index contributed by atoms with van der Waals surface area (Å²) in [4.78, 5) is 9.41. The monoisotopic (exact) mass is 1170 g/mol. The van der Waals surface area contributed by atoms with E-state index in [4.69, 9.17) is 16.3 Å². The van der Waals surface area contributed by atoms with E-state index >= 15 is 0 Å². The number of hydrogen-bond donors (Lipinski definition) is 0. The van der Waals surface area contributed by atoms with Crippen LogP contribution in [0.25, 0.3) is 111 Å². The predicted molar refractivity (Wildman–Crippen MR) is 314 cm³/mol. The van der Waals surface area contributed by atoms with Gasteiger partial charge in [0.15, 0.2) is 0 Å². The molecule has 6 heteroatoms. The summed E-state index contributed by atoms with van der Waals surface area (Å²) < 4.78 is 50.2. The Morgan fingerprint density at radius 1 is 0.566 bits per heavy atom. The minimum atomic E-state index is -2.14. The second kappa shape index (κ2) is 20.3. The topological polar surface area (TPSA) is 48.8 Å². The van der Waals surface area contributed by atoms with Crippen LogP contribution in [0.5, 0.6) is 0 Å². The Morgan fingerprint density at radius 3 is 1.92 bits per heavy atom.